The van der Waals surface area contributed by atoms with Crippen molar-refractivity contribution in [3.05, 3.63) is 64.7 Å². The maximum absolute atomic E-state index is 10.5. The summed E-state index contributed by atoms with van der Waals surface area (Å²) in [6.07, 6.45) is 2.21. The second kappa shape index (κ2) is 6.82. The van der Waals surface area contributed by atoms with Crippen molar-refractivity contribution in [1.29, 1.82) is 0 Å². The Hall–Kier alpha value is -2.23. The van der Waals surface area contributed by atoms with E-state index in [0.717, 1.165) is 48.3 Å². The van der Waals surface area contributed by atoms with Crippen LogP contribution in [0.4, 0.5) is 5.82 Å². The van der Waals surface area contributed by atoms with E-state index in [1.54, 1.807) is 6.07 Å². The predicted molar refractivity (Wildman–Crippen MR) is 110 cm³/mol. The summed E-state index contributed by atoms with van der Waals surface area (Å²) >= 11 is 12.8. The lowest BCUT2D eigenvalue weighted by molar-refractivity contribution is 0.514. The van der Waals surface area contributed by atoms with Crippen molar-refractivity contribution in [3.63, 3.8) is 0 Å². The van der Waals surface area contributed by atoms with Crippen molar-refractivity contribution in [1.82, 2.24) is 4.98 Å². The molecule has 1 fully saturated rings. The van der Waals surface area contributed by atoms with E-state index in [1.807, 2.05) is 36.4 Å². The Balaban J connectivity index is 2.15. The fourth-order valence-electron chi connectivity index (χ4n) is 3.61. The number of halogens is 2. The molecule has 0 saturated carbocycles. The third-order valence-corrected chi connectivity index (χ3v) is 5.25. The van der Waals surface area contributed by atoms with Crippen molar-refractivity contribution < 1.29 is 5.11 Å². The van der Waals surface area contributed by atoms with E-state index in [4.69, 9.17) is 28.2 Å². The number of aliphatic hydroxyl groups is 1. The van der Waals surface area contributed by atoms with Gasteiger partial charge in [0.15, 0.2) is 0 Å². The van der Waals surface area contributed by atoms with Crippen molar-refractivity contribution in [2.24, 2.45) is 0 Å². The van der Waals surface area contributed by atoms with Crippen molar-refractivity contribution in [3.8, 4) is 11.1 Å². The van der Waals surface area contributed by atoms with Gasteiger partial charge in [0, 0.05) is 29.1 Å². The number of hydrogen-bond donors (Lipinski definition) is 1. The highest BCUT2D eigenvalue weighted by Gasteiger charge is 2.25. The van der Waals surface area contributed by atoms with E-state index in [-0.39, 0.29) is 5.76 Å². The second-order valence-electron chi connectivity index (χ2n) is 6.48. The zero-order valence-corrected chi connectivity index (χ0v) is 15.7. The first-order valence-electron chi connectivity index (χ1n) is 8.57. The molecule has 5 heteroatoms. The van der Waals surface area contributed by atoms with Gasteiger partial charge in [-0.25, -0.2) is 4.98 Å². The van der Waals surface area contributed by atoms with Crippen molar-refractivity contribution in [2.45, 2.75) is 12.8 Å². The molecule has 2 aromatic carbocycles. The summed E-state index contributed by atoms with van der Waals surface area (Å²) in [7, 11) is 0. The maximum atomic E-state index is 10.5. The monoisotopic (exact) mass is 384 g/mol. The lowest BCUT2D eigenvalue weighted by Gasteiger charge is -2.24. The minimum atomic E-state index is -0.00347. The maximum Gasteiger partial charge on any atom is 0.141 e. The number of rotatable bonds is 3. The minimum Gasteiger partial charge on any atom is -0.508 e. The molecule has 0 spiro atoms. The van der Waals surface area contributed by atoms with Crippen LogP contribution in [0.15, 0.2) is 49.0 Å². The third kappa shape index (κ3) is 2.91. The van der Waals surface area contributed by atoms with Crippen LogP contribution in [0.1, 0.15) is 18.4 Å². The fourth-order valence-corrected chi connectivity index (χ4v) is 4.15. The van der Waals surface area contributed by atoms with Crippen molar-refractivity contribution >= 4 is 45.7 Å². The Morgan fingerprint density at radius 3 is 2.42 bits per heavy atom. The van der Waals surface area contributed by atoms with E-state index in [2.05, 4.69) is 11.5 Å². The van der Waals surface area contributed by atoms with Crippen molar-refractivity contribution in [2.75, 3.05) is 18.0 Å². The molecule has 0 bridgehead atoms. The first-order valence-corrected chi connectivity index (χ1v) is 9.33. The topological polar surface area (TPSA) is 36.4 Å². The number of aliphatic hydroxyl groups excluding tert-OH is 1. The van der Waals surface area contributed by atoms with E-state index < -0.39 is 0 Å². The van der Waals surface area contributed by atoms with Gasteiger partial charge in [-0.3, -0.25) is 0 Å². The van der Waals surface area contributed by atoms with Crippen LogP contribution in [-0.2, 0) is 0 Å². The summed E-state index contributed by atoms with van der Waals surface area (Å²) in [5, 5.41) is 12.3. The fraction of sp³-hybridized carbons (Fsp3) is 0.190. The van der Waals surface area contributed by atoms with Gasteiger partial charge in [0.1, 0.15) is 11.6 Å². The standard InChI is InChI=1S/C21H18Cl2N2O/c1-13(26)18-19(14-7-3-2-4-8-14)16-11-15(22)12-17(23)20(16)24-21(18)25-9-5-6-10-25/h2-4,7-8,11-12,26H,1,5-6,9-10H2. The lowest BCUT2D eigenvalue weighted by atomic mass is 9.94. The summed E-state index contributed by atoms with van der Waals surface area (Å²) in [4.78, 5) is 7.01. The molecular weight excluding hydrogens is 367 g/mol. The summed E-state index contributed by atoms with van der Waals surface area (Å²) in [6, 6.07) is 13.4. The third-order valence-electron chi connectivity index (χ3n) is 4.75. The van der Waals surface area contributed by atoms with Gasteiger partial charge in [-0.15, -0.1) is 0 Å². The molecular formula is C21H18Cl2N2O. The molecule has 26 heavy (non-hydrogen) atoms. The van der Waals surface area contributed by atoms with E-state index in [9.17, 15) is 5.11 Å². The molecule has 0 aliphatic carbocycles. The molecule has 132 valence electrons. The van der Waals surface area contributed by atoms with Gasteiger partial charge in [0.25, 0.3) is 0 Å². The summed E-state index contributed by atoms with van der Waals surface area (Å²) in [5.74, 6) is 0.724. The number of fused-ring (bicyclic) bond motifs is 1. The molecule has 0 amide bonds. The van der Waals surface area contributed by atoms with Gasteiger partial charge in [0.05, 0.1) is 16.1 Å². The Morgan fingerprint density at radius 1 is 1.08 bits per heavy atom. The highest BCUT2D eigenvalue weighted by atomic mass is 35.5. The number of pyridine rings is 1. The highest BCUT2D eigenvalue weighted by Crippen LogP contribution is 2.42. The average Bonchev–Trinajstić information content (AvgIpc) is 3.15. The lowest BCUT2D eigenvalue weighted by Crippen LogP contribution is -2.21. The van der Waals surface area contributed by atoms with E-state index in [0.29, 0.717) is 21.1 Å². The van der Waals surface area contributed by atoms with Crippen LogP contribution in [0.2, 0.25) is 10.0 Å². The molecule has 1 aliphatic rings. The predicted octanol–water partition coefficient (Wildman–Crippen LogP) is 6.34. The Bertz CT molecular complexity index is 996. The molecule has 3 nitrogen and oxygen atoms in total. The zero-order valence-electron chi connectivity index (χ0n) is 14.2. The molecule has 2 heterocycles. The first kappa shape index (κ1) is 17.2. The SMILES string of the molecule is C=C(O)c1c(N2CCCC2)nc2c(Cl)cc(Cl)cc2c1-c1ccccc1. The summed E-state index contributed by atoms with van der Waals surface area (Å²) in [6.45, 7) is 5.62. The van der Waals surface area contributed by atoms with Crippen LogP contribution < -0.4 is 4.90 Å². The molecule has 1 aliphatic heterocycles. The Labute approximate surface area is 162 Å². The molecule has 3 aromatic rings. The Kier molecular flexibility index (Phi) is 4.51. The normalized spacial score (nSPS) is 14.2. The van der Waals surface area contributed by atoms with Gasteiger partial charge >= 0.3 is 0 Å². The van der Waals surface area contributed by atoms with Gasteiger partial charge in [-0.2, -0.15) is 0 Å². The van der Waals surface area contributed by atoms with E-state index in [1.165, 1.54) is 0 Å². The molecule has 0 radical (unpaired) electrons. The van der Waals surface area contributed by atoms with Gasteiger partial charge in [0.2, 0.25) is 0 Å². The molecule has 4 rings (SSSR count). The number of benzene rings is 2. The van der Waals surface area contributed by atoms with Crippen LogP contribution >= 0.6 is 23.2 Å². The molecule has 0 unspecified atom stereocenters. The Morgan fingerprint density at radius 2 is 1.77 bits per heavy atom. The largest absolute Gasteiger partial charge is 0.508 e. The first-order chi connectivity index (χ1) is 12.6. The van der Waals surface area contributed by atoms with Crippen LogP contribution in [0.25, 0.3) is 27.8 Å². The summed E-state index contributed by atoms with van der Waals surface area (Å²) < 4.78 is 0. The van der Waals surface area contributed by atoms with Gasteiger partial charge in [-0.1, -0.05) is 60.1 Å². The summed E-state index contributed by atoms with van der Waals surface area (Å²) in [5.41, 5.74) is 3.14. The van der Waals surface area contributed by atoms with Gasteiger partial charge < -0.3 is 10.0 Å². The van der Waals surface area contributed by atoms with Gasteiger partial charge in [-0.05, 0) is 30.5 Å². The number of anilines is 1. The molecule has 1 saturated heterocycles. The van der Waals surface area contributed by atoms with Crippen LogP contribution in [0.3, 0.4) is 0 Å². The van der Waals surface area contributed by atoms with Crippen LogP contribution in [-0.4, -0.2) is 23.2 Å². The quantitative estimate of drug-likeness (QED) is 0.535. The number of aromatic nitrogens is 1. The molecule has 1 aromatic heterocycles. The number of hydrogen-bond acceptors (Lipinski definition) is 3. The average molecular weight is 385 g/mol. The van der Waals surface area contributed by atoms with Crippen LogP contribution in [0, 0.1) is 0 Å². The molecule has 0 atom stereocenters. The second-order valence-corrected chi connectivity index (χ2v) is 7.32. The zero-order chi connectivity index (χ0) is 18.3. The molecule has 1 N–H and O–H groups in total. The smallest absolute Gasteiger partial charge is 0.141 e. The number of nitrogens with zero attached hydrogens (tertiary/aromatic N) is 2. The van der Waals surface area contributed by atoms with Crippen LogP contribution in [0.5, 0.6) is 0 Å². The van der Waals surface area contributed by atoms with E-state index >= 15 is 0 Å². The highest BCUT2D eigenvalue weighted by molar-refractivity contribution is 6.39. The minimum absolute atomic E-state index is 0.00347.